The third kappa shape index (κ3) is 38.5. The second-order valence-corrected chi connectivity index (χ2v) is 28.3. The average Bonchev–Trinajstić information content (AvgIpc) is 0.848. The lowest BCUT2D eigenvalue weighted by molar-refractivity contribution is -0.143. The zero-order valence-electron chi connectivity index (χ0n) is 65.2. The smallest absolute Gasteiger partial charge is 0.326 e. The molecule has 0 radical (unpaired) electrons. The number of aliphatic hydroxyl groups is 3. The number of amides is 14. The van der Waals surface area contributed by atoms with Crippen molar-refractivity contribution < 1.29 is 132 Å². The Morgan fingerprint density at radius 1 is 0.412 bits per heavy atom. The molecule has 43 nitrogen and oxygen atoms in total. The molecular formula is C71H114N16O27. The third-order valence-electron chi connectivity index (χ3n) is 17.7. The number of nitrogens with one attached hydrogen (secondary N) is 13. The van der Waals surface area contributed by atoms with Gasteiger partial charge in [-0.2, -0.15) is 0 Å². The van der Waals surface area contributed by atoms with Gasteiger partial charge in [-0.25, -0.2) is 4.79 Å². The van der Waals surface area contributed by atoms with Gasteiger partial charge in [0.05, 0.1) is 43.7 Å². The quantitative estimate of drug-likeness (QED) is 0.0270. The van der Waals surface area contributed by atoms with Gasteiger partial charge in [-0.15, -0.1) is 0 Å². The molecule has 0 unspecified atom stereocenters. The molecule has 0 aliphatic carbocycles. The van der Waals surface area contributed by atoms with E-state index in [1.165, 1.54) is 34.6 Å². The Bertz CT molecular complexity index is 3480. The lowest BCUT2D eigenvalue weighted by atomic mass is 9.96. The number of carboxylic acids is 5. The summed E-state index contributed by atoms with van der Waals surface area (Å²) < 4.78 is 0. The molecule has 27 N–H and O–H groups in total. The van der Waals surface area contributed by atoms with E-state index in [2.05, 4.69) is 69.1 Å². The highest BCUT2D eigenvalue weighted by Crippen LogP contribution is 2.16. The van der Waals surface area contributed by atoms with Gasteiger partial charge in [-0.3, -0.25) is 86.3 Å². The number of aliphatic carboxylic acids is 5. The summed E-state index contributed by atoms with van der Waals surface area (Å²) in [6.45, 7) is 11.7. The molecule has 640 valence electrons. The van der Waals surface area contributed by atoms with E-state index in [1.54, 1.807) is 51.1 Å². The van der Waals surface area contributed by atoms with Gasteiger partial charge in [0.15, 0.2) is 0 Å². The molecule has 0 aliphatic heterocycles. The minimum atomic E-state index is -2.03. The van der Waals surface area contributed by atoms with Crippen LogP contribution in [-0.2, 0) is 97.5 Å². The first kappa shape index (κ1) is 101. The van der Waals surface area contributed by atoms with Gasteiger partial charge >= 0.3 is 29.8 Å². The van der Waals surface area contributed by atoms with Crippen LogP contribution in [0.25, 0.3) is 0 Å². The van der Waals surface area contributed by atoms with Crippen molar-refractivity contribution >= 4 is 113 Å². The van der Waals surface area contributed by atoms with Crippen molar-refractivity contribution in [2.75, 3.05) is 13.2 Å². The molecule has 14 amide bonds. The molecule has 0 saturated heterocycles. The van der Waals surface area contributed by atoms with E-state index in [0.717, 1.165) is 6.92 Å². The third-order valence-corrected chi connectivity index (χ3v) is 17.7. The molecule has 17 atom stereocenters. The fourth-order valence-corrected chi connectivity index (χ4v) is 11.0. The second-order valence-electron chi connectivity index (χ2n) is 28.3. The predicted molar refractivity (Wildman–Crippen MR) is 400 cm³/mol. The Morgan fingerprint density at radius 3 is 1.23 bits per heavy atom. The monoisotopic (exact) mass is 1620 g/mol. The molecule has 0 fully saturated rings. The van der Waals surface area contributed by atoms with Crippen LogP contribution in [0.1, 0.15) is 164 Å². The summed E-state index contributed by atoms with van der Waals surface area (Å²) >= 11 is 0. The van der Waals surface area contributed by atoms with Crippen LogP contribution in [0.4, 0.5) is 0 Å². The Hall–Kier alpha value is -11.1. The van der Waals surface area contributed by atoms with Gasteiger partial charge in [0, 0.05) is 32.1 Å². The number of carbonyl (C=O) groups excluding carboxylic acids is 14. The molecule has 0 bridgehead atoms. The molecule has 0 saturated carbocycles. The maximum atomic E-state index is 14.2. The molecule has 114 heavy (non-hydrogen) atoms. The average molecular weight is 1620 g/mol. The Kier molecular flexibility index (Phi) is 45.7. The van der Waals surface area contributed by atoms with Crippen molar-refractivity contribution in [1.82, 2.24) is 69.1 Å². The van der Waals surface area contributed by atoms with Crippen LogP contribution < -0.4 is 86.3 Å². The number of nitrogens with two attached hydrogens (primary N) is 3. The van der Waals surface area contributed by atoms with E-state index >= 15 is 0 Å². The summed E-state index contributed by atoms with van der Waals surface area (Å²) in [5.74, 6) is -25.3. The standard InChI is InChI=1S/C71H114N16O27/c1-10-35(6)57(86-65(107)44(22-26-55(99)100)78-62(104)42(20-24-53(95)96)80-70(112)58(38(9)89)87-61(103)40(73)18-14-15-27-72)69(111)84-48(32-88)67(109)79-43(21-25-54(97)98)64(106)85-56(34(4)5)68(110)82-46(30-50(74)91)66(108)81-45(28-33(2)3)49(90)31-51(92)75-36(7)59(101)76-37(8)60(102)77-41(19-23-52(93)94)63(105)83-47(71(113)114)29-39-16-12-11-13-17-39/h11-13,16-17,33-38,40-49,56-58,88-90H,10,14-15,18-32,72-73H2,1-9H3,(H2,74,91)(H,75,92)(H,76,101)(H,77,102)(H,78,104)(H,79,109)(H,80,112)(H,81,108)(H,82,110)(H,83,105)(H,84,111)(H,85,106)(H,86,107)(H,87,103)(H,93,94)(H,95,96)(H,97,98)(H,99,100)(H,113,114)/t35-,36-,37-,38+,40-,41-,42-,43-,44-,45-,46-,47-,48-,49-,56-,57-,58-/m0/s1. The van der Waals surface area contributed by atoms with Crippen LogP contribution in [-0.4, -0.2) is 263 Å². The molecule has 1 aromatic rings. The van der Waals surface area contributed by atoms with Crippen LogP contribution in [0, 0.1) is 17.8 Å². The number of carboxylic acid groups (broad SMARTS) is 5. The van der Waals surface area contributed by atoms with E-state index < -0.39 is 292 Å². The summed E-state index contributed by atoms with van der Waals surface area (Å²) in [6, 6.07) is -15.0. The molecule has 0 aromatic heterocycles. The fourth-order valence-electron chi connectivity index (χ4n) is 11.0. The summed E-state index contributed by atoms with van der Waals surface area (Å²) in [5.41, 5.74) is 17.5. The van der Waals surface area contributed by atoms with Gasteiger partial charge in [0.1, 0.15) is 72.5 Å². The number of rotatable bonds is 56. The number of aliphatic hydroxyl groups excluding tert-OH is 3. The van der Waals surface area contributed by atoms with E-state index in [-0.39, 0.29) is 31.6 Å². The predicted octanol–water partition coefficient (Wildman–Crippen LogP) is -6.68. The van der Waals surface area contributed by atoms with Gasteiger partial charge in [-0.1, -0.05) is 84.7 Å². The van der Waals surface area contributed by atoms with Crippen LogP contribution in [0.3, 0.4) is 0 Å². The van der Waals surface area contributed by atoms with Gasteiger partial charge in [-0.05, 0) is 95.6 Å². The van der Waals surface area contributed by atoms with Crippen LogP contribution in [0.5, 0.6) is 0 Å². The number of primary amides is 1. The minimum Gasteiger partial charge on any atom is -0.481 e. The fraction of sp³-hybridized carbons (Fsp3) is 0.648. The largest absolute Gasteiger partial charge is 0.481 e. The van der Waals surface area contributed by atoms with E-state index in [0.29, 0.717) is 24.9 Å². The summed E-state index contributed by atoms with van der Waals surface area (Å²) in [7, 11) is 0. The molecule has 43 heteroatoms. The first-order chi connectivity index (χ1) is 53.3. The lowest BCUT2D eigenvalue weighted by Gasteiger charge is -2.30. The molecule has 0 heterocycles. The van der Waals surface area contributed by atoms with Crippen LogP contribution in [0.2, 0.25) is 0 Å². The number of carbonyl (C=O) groups is 19. The Balaban J connectivity index is 3.42. The number of benzene rings is 1. The van der Waals surface area contributed by atoms with Gasteiger partial charge in [0.25, 0.3) is 0 Å². The van der Waals surface area contributed by atoms with Crippen molar-refractivity contribution in [2.24, 2.45) is 35.0 Å². The normalized spacial score (nSPS) is 15.6. The van der Waals surface area contributed by atoms with E-state index in [4.69, 9.17) is 17.2 Å². The minimum absolute atomic E-state index is 0.0733. The lowest BCUT2D eigenvalue weighted by Crippen LogP contribution is -2.62. The number of hydrogen-bond acceptors (Lipinski definition) is 24. The second kappa shape index (κ2) is 51.6. The molecule has 1 aromatic carbocycles. The Labute approximate surface area is 657 Å². The van der Waals surface area contributed by atoms with Crippen molar-refractivity contribution in [2.45, 2.75) is 262 Å². The van der Waals surface area contributed by atoms with Crippen molar-refractivity contribution in [3.8, 4) is 0 Å². The molecule has 1 rings (SSSR count). The summed E-state index contributed by atoms with van der Waals surface area (Å²) in [4.78, 5) is 250. The zero-order valence-corrected chi connectivity index (χ0v) is 65.2. The highest BCUT2D eigenvalue weighted by Gasteiger charge is 2.40. The van der Waals surface area contributed by atoms with Crippen molar-refractivity contribution in [1.29, 1.82) is 0 Å². The number of hydrogen-bond donors (Lipinski definition) is 24. The molecule has 0 aliphatic rings. The highest BCUT2D eigenvalue weighted by molar-refractivity contribution is 6.00. The van der Waals surface area contributed by atoms with Crippen molar-refractivity contribution in [3.63, 3.8) is 0 Å². The van der Waals surface area contributed by atoms with E-state index in [9.17, 15) is 132 Å². The molecular weight excluding hydrogens is 1510 g/mol. The topological polar surface area (TPSA) is 721 Å². The zero-order chi connectivity index (χ0) is 87.0. The summed E-state index contributed by atoms with van der Waals surface area (Å²) in [5, 5.41) is 110. The van der Waals surface area contributed by atoms with E-state index in [1.807, 2.05) is 0 Å². The first-order valence-electron chi connectivity index (χ1n) is 37.1. The van der Waals surface area contributed by atoms with Crippen LogP contribution in [0.15, 0.2) is 30.3 Å². The maximum Gasteiger partial charge on any atom is 0.326 e. The highest BCUT2D eigenvalue weighted by atomic mass is 16.4. The molecule has 0 spiro atoms. The van der Waals surface area contributed by atoms with Crippen LogP contribution >= 0.6 is 0 Å². The van der Waals surface area contributed by atoms with Crippen molar-refractivity contribution in [3.05, 3.63) is 35.9 Å². The Morgan fingerprint density at radius 2 is 0.798 bits per heavy atom. The van der Waals surface area contributed by atoms with Gasteiger partial charge in [0.2, 0.25) is 82.7 Å². The summed E-state index contributed by atoms with van der Waals surface area (Å²) in [6.07, 6.45) is -9.87. The maximum absolute atomic E-state index is 14.2. The number of unbranched alkanes of at least 4 members (excludes halogenated alkanes) is 1. The first-order valence-corrected chi connectivity index (χ1v) is 37.1. The van der Waals surface area contributed by atoms with Gasteiger partial charge < -0.3 is 127 Å². The SMILES string of the molecule is CC[C@H](C)[C@H](NC(=O)[C@H](CCC(=O)O)NC(=O)[C@H](CCC(=O)O)NC(=O)[C@@H](NC(=O)[C@@H](N)CCCCN)[C@@H](C)O)C(=O)N[C@@H](CO)C(=O)N[C@@H](CCC(=O)O)C(=O)N[C@H](C(=O)N[C@@H](CC(N)=O)C(=O)N[C@@H](CC(C)C)[C@@H](O)CC(=O)N[C@@H](C)C(=O)N[C@@H](C)C(=O)N[C@@H](CCC(=O)O)C(=O)N[C@@H](Cc1ccccc1)C(=O)O)C(C)C.